The van der Waals surface area contributed by atoms with Gasteiger partial charge in [-0.1, -0.05) is 147 Å². The van der Waals surface area contributed by atoms with E-state index in [9.17, 15) is 0 Å². The molecule has 0 N–H and O–H groups in total. The lowest BCUT2D eigenvalue weighted by molar-refractivity contribution is 0.661. The first-order valence-electron chi connectivity index (χ1n) is 17.5. The van der Waals surface area contributed by atoms with E-state index in [0.717, 1.165) is 16.8 Å². The summed E-state index contributed by atoms with van der Waals surface area (Å²) in [7, 11) is 0. The van der Waals surface area contributed by atoms with Crippen molar-refractivity contribution in [1.82, 2.24) is 4.98 Å². The summed E-state index contributed by atoms with van der Waals surface area (Å²) in [5.41, 5.74) is 13.5. The molecule has 2 heteroatoms. The second-order valence-corrected chi connectivity index (χ2v) is 14.2. The highest BCUT2D eigenvalue weighted by Gasteiger charge is 2.35. The molecule has 9 aromatic rings. The molecule has 0 amide bonds. The van der Waals surface area contributed by atoms with Crippen LogP contribution in [0.25, 0.3) is 92.7 Å². The molecule has 238 valence electrons. The van der Waals surface area contributed by atoms with E-state index in [1.807, 2.05) is 6.07 Å². The molecule has 0 saturated carbocycles. The third-order valence-corrected chi connectivity index (χ3v) is 11.0. The molecule has 1 aliphatic rings. The Kier molecular flexibility index (Phi) is 6.32. The van der Waals surface area contributed by atoms with Crippen LogP contribution in [-0.2, 0) is 5.41 Å². The van der Waals surface area contributed by atoms with Crippen molar-refractivity contribution in [3.05, 3.63) is 180 Å². The van der Waals surface area contributed by atoms with E-state index >= 15 is 0 Å². The highest BCUT2D eigenvalue weighted by atomic mass is 14.7. The van der Waals surface area contributed by atoms with Crippen molar-refractivity contribution < 1.29 is 0 Å². The van der Waals surface area contributed by atoms with Crippen LogP contribution in [0.5, 0.6) is 0 Å². The van der Waals surface area contributed by atoms with Gasteiger partial charge in [-0.05, 0) is 95.7 Å². The summed E-state index contributed by atoms with van der Waals surface area (Å²) in [6, 6.07) is 56.9. The van der Waals surface area contributed by atoms with Crippen LogP contribution in [0.2, 0.25) is 0 Å². The maximum Gasteiger partial charge on any atom is 0.187 e. The van der Waals surface area contributed by atoms with Crippen LogP contribution in [0, 0.1) is 6.57 Å². The van der Waals surface area contributed by atoms with Crippen LogP contribution >= 0.6 is 0 Å². The molecule has 0 radical (unpaired) electrons. The molecular formula is C49H32N2. The van der Waals surface area contributed by atoms with E-state index in [2.05, 4.69) is 170 Å². The number of aromatic nitrogens is 1. The SMILES string of the molecule is [C-]#[N+]c1ccc2c(c1)C(C)(C)c1cc(-c3cccc(-c4ccc5c(ccc6c5c(-c5ccccc5)nc5ccc7ccccc7c56)c4)c3)ccc1-2. The predicted molar refractivity (Wildman–Crippen MR) is 214 cm³/mol. The topological polar surface area (TPSA) is 17.2 Å². The zero-order valence-corrected chi connectivity index (χ0v) is 28.4. The Balaban J connectivity index is 1.11. The first kappa shape index (κ1) is 29.4. The van der Waals surface area contributed by atoms with Gasteiger partial charge in [-0.25, -0.2) is 9.83 Å². The van der Waals surface area contributed by atoms with Crippen LogP contribution < -0.4 is 0 Å². The Morgan fingerprint density at radius 2 is 1.10 bits per heavy atom. The molecule has 1 heterocycles. The van der Waals surface area contributed by atoms with Crippen molar-refractivity contribution >= 4 is 48.9 Å². The van der Waals surface area contributed by atoms with Crippen molar-refractivity contribution in [3.8, 4) is 44.6 Å². The van der Waals surface area contributed by atoms with Gasteiger partial charge in [0, 0.05) is 21.8 Å². The van der Waals surface area contributed by atoms with E-state index < -0.39 is 0 Å². The highest BCUT2D eigenvalue weighted by molar-refractivity contribution is 6.27. The molecule has 0 aliphatic heterocycles. The molecule has 2 nitrogen and oxygen atoms in total. The van der Waals surface area contributed by atoms with Gasteiger partial charge in [-0.2, -0.15) is 0 Å². The molecule has 0 spiro atoms. The van der Waals surface area contributed by atoms with Crippen LogP contribution in [0.15, 0.2) is 158 Å². The zero-order chi connectivity index (χ0) is 34.3. The fourth-order valence-electron chi connectivity index (χ4n) is 8.44. The maximum absolute atomic E-state index is 7.54. The third-order valence-electron chi connectivity index (χ3n) is 11.0. The van der Waals surface area contributed by atoms with Crippen LogP contribution in [0.4, 0.5) is 5.69 Å². The van der Waals surface area contributed by atoms with Gasteiger partial charge in [0.15, 0.2) is 5.69 Å². The van der Waals surface area contributed by atoms with Gasteiger partial charge in [0.05, 0.1) is 17.8 Å². The third kappa shape index (κ3) is 4.45. The van der Waals surface area contributed by atoms with E-state index in [1.165, 1.54) is 82.2 Å². The molecule has 8 aromatic carbocycles. The summed E-state index contributed by atoms with van der Waals surface area (Å²) in [4.78, 5) is 9.04. The lowest BCUT2D eigenvalue weighted by Crippen LogP contribution is -2.14. The maximum atomic E-state index is 7.54. The summed E-state index contributed by atoms with van der Waals surface area (Å²) in [6.07, 6.45) is 0. The van der Waals surface area contributed by atoms with Crippen LogP contribution in [-0.4, -0.2) is 4.98 Å². The molecule has 10 rings (SSSR count). The van der Waals surface area contributed by atoms with Crippen molar-refractivity contribution in [2.45, 2.75) is 19.3 Å². The van der Waals surface area contributed by atoms with Gasteiger partial charge in [0.1, 0.15) is 0 Å². The van der Waals surface area contributed by atoms with Gasteiger partial charge in [-0.15, -0.1) is 0 Å². The minimum atomic E-state index is -0.175. The summed E-state index contributed by atoms with van der Waals surface area (Å²) in [5, 5.41) is 8.47. The van der Waals surface area contributed by atoms with E-state index in [4.69, 9.17) is 11.6 Å². The van der Waals surface area contributed by atoms with E-state index in [1.54, 1.807) is 0 Å². The average molecular weight is 649 g/mol. The minimum Gasteiger partial charge on any atom is -0.247 e. The standard InChI is InChI=1S/C49H32N2/c1-49(2)43-28-35(17-22-40(43)41-24-20-37(50-3)29-44(41)49)33-14-9-13-32(26-33)34-16-21-39-36(27-34)18-23-42-46-38-15-8-7-10-30(38)19-25-45(46)51-48(47(39)42)31-11-5-4-6-12-31/h4-29H,1-2H3. The van der Waals surface area contributed by atoms with Crippen LogP contribution in [0.1, 0.15) is 25.0 Å². The van der Waals surface area contributed by atoms with E-state index in [0.29, 0.717) is 5.69 Å². The Labute approximate surface area is 297 Å². The van der Waals surface area contributed by atoms with Crippen molar-refractivity contribution in [2.24, 2.45) is 0 Å². The fourth-order valence-corrected chi connectivity index (χ4v) is 8.44. The smallest absolute Gasteiger partial charge is 0.187 e. The number of rotatable bonds is 3. The molecule has 0 saturated heterocycles. The molecule has 0 atom stereocenters. The van der Waals surface area contributed by atoms with Gasteiger partial charge in [0.2, 0.25) is 0 Å². The van der Waals surface area contributed by atoms with Crippen molar-refractivity contribution in [1.29, 1.82) is 0 Å². The Morgan fingerprint density at radius 1 is 0.471 bits per heavy atom. The Morgan fingerprint density at radius 3 is 1.92 bits per heavy atom. The molecule has 1 aromatic heterocycles. The van der Waals surface area contributed by atoms with Gasteiger partial charge in [-0.3, -0.25) is 0 Å². The normalized spacial score (nSPS) is 13.0. The fraction of sp³-hybridized carbons (Fsp3) is 0.0612. The summed E-state index contributed by atoms with van der Waals surface area (Å²) in [6.45, 7) is 12.1. The zero-order valence-electron chi connectivity index (χ0n) is 28.4. The molecule has 0 unspecified atom stereocenters. The number of pyridine rings is 1. The molecular weight excluding hydrogens is 617 g/mol. The Hall–Kier alpha value is -6.56. The second kappa shape index (κ2) is 11.0. The number of fused-ring (bicyclic) bond motifs is 10. The second-order valence-electron chi connectivity index (χ2n) is 14.2. The first-order chi connectivity index (χ1) is 25.0. The predicted octanol–water partition coefficient (Wildman–Crippen LogP) is 13.6. The summed E-state index contributed by atoms with van der Waals surface area (Å²) >= 11 is 0. The number of hydrogen-bond acceptors (Lipinski definition) is 1. The lowest BCUT2D eigenvalue weighted by Gasteiger charge is -2.22. The Bertz CT molecular complexity index is 2950. The van der Waals surface area contributed by atoms with Gasteiger partial charge < -0.3 is 0 Å². The molecule has 51 heavy (non-hydrogen) atoms. The van der Waals surface area contributed by atoms with E-state index in [-0.39, 0.29) is 5.41 Å². The quantitative estimate of drug-likeness (QED) is 0.138. The molecule has 0 fully saturated rings. The lowest BCUT2D eigenvalue weighted by atomic mass is 9.81. The number of benzene rings is 8. The van der Waals surface area contributed by atoms with Gasteiger partial charge in [0.25, 0.3) is 0 Å². The van der Waals surface area contributed by atoms with Crippen molar-refractivity contribution in [2.75, 3.05) is 0 Å². The van der Waals surface area contributed by atoms with Crippen LogP contribution in [0.3, 0.4) is 0 Å². The number of hydrogen-bond donors (Lipinski definition) is 0. The van der Waals surface area contributed by atoms with Crippen molar-refractivity contribution in [3.63, 3.8) is 0 Å². The average Bonchev–Trinajstić information content (AvgIpc) is 3.41. The monoisotopic (exact) mass is 648 g/mol. The molecule has 0 bridgehead atoms. The first-order valence-corrected chi connectivity index (χ1v) is 17.5. The largest absolute Gasteiger partial charge is 0.247 e. The minimum absolute atomic E-state index is 0.175. The number of nitrogens with zero attached hydrogens (tertiary/aromatic N) is 2. The van der Waals surface area contributed by atoms with Gasteiger partial charge >= 0.3 is 0 Å². The summed E-state index contributed by atoms with van der Waals surface area (Å²) in [5.74, 6) is 0. The summed E-state index contributed by atoms with van der Waals surface area (Å²) < 4.78 is 0. The highest BCUT2D eigenvalue weighted by Crippen LogP contribution is 2.51. The molecule has 1 aliphatic carbocycles.